The molecule has 0 spiro atoms. The number of hydrogen-bond donors (Lipinski definition) is 0. The average molecular weight is 441 g/mol. The van der Waals surface area contributed by atoms with Crippen LogP contribution in [-0.2, 0) is 17.7 Å². The molecule has 1 aromatic heterocycles. The molecule has 0 unspecified atom stereocenters. The molecular weight excluding hydrogens is 420 g/mol. The zero-order valence-corrected chi connectivity index (χ0v) is 17.9. The lowest BCUT2D eigenvalue weighted by Gasteiger charge is -2.18. The highest BCUT2D eigenvalue weighted by atomic mass is 35.5. The van der Waals surface area contributed by atoms with Crippen molar-refractivity contribution in [2.75, 3.05) is 25.2 Å². The van der Waals surface area contributed by atoms with Crippen LogP contribution in [0.1, 0.15) is 39.0 Å². The molecule has 0 saturated heterocycles. The third-order valence-electron chi connectivity index (χ3n) is 5.08. The molecule has 1 amide bonds. The number of methoxy groups -OCH3 is 1. The molecule has 0 radical (unpaired) electrons. The number of carbonyl (C=O) groups excluding carboxylic acids is 2. The lowest BCUT2D eigenvalue weighted by atomic mass is 10.1. The maximum absolute atomic E-state index is 13.6. The van der Waals surface area contributed by atoms with Crippen molar-refractivity contribution in [3.63, 3.8) is 0 Å². The summed E-state index contributed by atoms with van der Waals surface area (Å²) in [5.41, 5.74) is 2.62. The first-order valence-corrected chi connectivity index (χ1v) is 10.2. The summed E-state index contributed by atoms with van der Waals surface area (Å²) in [6, 6.07) is 12.8. The summed E-state index contributed by atoms with van der Waals surface area (Å²) >= 11 is 6.09. The molecule has 2 aromatic carbocycles. The topological polar surface area (TPSA) is 86.5 Å². The lowest BCUT2D eigenvalue weighted by Crippen LogP contribution is -2.32. The van der Waals surface area contributed by atoms with Gasteiger partial charge in [0.25, 0.3) is 5.91 Å². The molecule has 0 N–H and O–H groups in total. The minimum Gasteiger partial charge on any atom is -0.497 e. The number of carbonyl (C=O) groups is 2. The van der Waals surface area contributed by atoms with Gasteiger partial charge in [-0.1, -0.05) is 28.9 Å². The van der Waals surface area contributed by atoms with Gasteiger partial charge in [0.2, 0.25) is 5.69 Å². The molecular formula is C22H21ClN4O4. The normalized spacial score (nSPS) is 12.5. The molecule has 0 atom stereocenters. The number of ether oxygens (including phenoxy) is 2. The zero-order chi connectivity index (χ0) is 22.0. The molecule has 4 rings (SSSR count). The second-order valence-corrected chi connectivity index (χ2v) is 7.43. The smallest absolute Gasteiger partial charge is 0.361 e. The molecule has 9 heteroatoms. The molecule has 0 aliphatic carbocycles. The molecule has 160 valence electrons. The Balaban J connectivity index is 1.71. The fraction of sp³-hybridized carbons (Fsp3) is 0.273. The highest BCUT2D eigenvalue weighted by molar-refractivity contribution is 6.30. The Labute approximate surface area is 184 Å². The number of rotatable bonds is 6. The van der Waals surface area contributed by atoms with Crippen molar-refractivity contribution in [1.82, 2.24) is 15.0 Å². The number of fused-ring (bicyclic) bond motifs is 1. The summed E-state index contributed by atoms with van der Waals surface area (Å²) in [6.07, 6.45) is 0.677. The van der Waals surface area contributed by atoms with Gasteiger partial charge in [0.15, 0.2) is 5.69 Å². The highest BCUT2D eigenvalue weighted by Gasteiger charge is 2.33. The van der Waals surface area contributed by atoms with Crippen LogP contribution in [0.5, 0.6) is 5.75 Å². The van der Waals surface area contributed by atoms with E-state index >= 15 is 0 Å². The van der Waals surface area contributed by atoms with Gasteiger partial charge in [-0.05, 0) is 54.8 Å². The van der Waals surface area contributed by atoms with Crippen molar-refractivity contribution in [2.45, 2.75) is 19.9 Å². The molecule has 1 aliphatic rings. The van der Waals surface area contributed by atoms with Gasteiger partial charge < -0.3 is 14.4 Å². The Morgan fingerprint density at radius 1 is 1.16 bits per heavy atom. The van der Waals surface area contributed by atoms with E-state index in [0.717, 1.165) is 22.6 Å². The number of hydrogen-bond acceptors (Lipinski definition) is 6. The lowest BCUT2D eigenvalue weighted by molar-refractivity contribution is 0.0516. The first-order chi connectivity index (χ1) is 15.0. The van der Waals surface area contributed by atoms with Crippen molar-refractivity contribution in [2.24, 2.45) is 0 Å². The zero-order valence-electron chi connectivity index (χ0n) is 17.2. The Hall–Kier alpha value is -3.39. The number of halogens is 1. The van der Waals surface area contributed by atoms with E-state index in [1.807, 2.05) is 36.4 Å². The average Bonchev–Trinajstić information content (AvgIpc) is 3.38. The fourth-order valence-corrected chi connectivity index (χ4v) is 3.78. The van der Waals surface area contributed by atoms with Gasteiger partial charge in [-0.25, -0.2) is 9.48 Å². The molecule has 8 nitrogen and oxygen atoms in total. The Morgan fingerprint density at radius 3 is 2.65 bits per heavy atom. The third kappa shape index (κ3) is 4.11. The first-order valence-electron chi connectivity index (χ1n) is 9.85. The van der Waals surface area contributed by atoms with Crippen LogP contribution in [0.15, 0.2) is 42.5 Å². The Kier molecular flexibility index (Phi) is 5.90. The van der Waals surface area contributed by atoms with Crippen molar-refractivity contribution in [1.29, 1.82) is 0 Å². The van der Waals surface area contributed by atoms with Crippen LogP contribution in [-0.4, -0.2) is 47.1 Å². The summed E-state index contributed by atoms with van der Waals surface area (Å²) in [5.74, 6) is -0.316. The van der Waals surface area contributed by atoms with E-state index in [2.05, 4.69) is 10.3 Å². The highest BCUT2D eigenvalue weighted by Crippen LogP contribution is 2.32. The molecule has 0 fully saturated rings. The number of benzene rings is 2. The minimum absolute atomic E-state index is 0.0945. The summed E-state index contributed by atoms with van der Waals surface area (Å²) < 4.78 is 11.7. The summed E-state index contributed by atoms with van der Waals surface area (Å²) in [5, 5.41) is 8.68. The molecule has 3 aromatic rings. The van der Waals surface area contributed by atoms with Gasteiger partial charge in [0.1, 0.15) is 5.75 Å². The summed E-state index contributed by atoms with van der Waals surface area (Å²) in [6.45, 7) is 2.60. The fourth-order valence-electron chi connectivity index (χ4n) is 3.59. The van der Waals surface area contributed by atoms with Crippen molar-refractivity contribution in [3.8, 4) is 5.75 Å². The van der Waals surface area contributed by atoms with Gasteiger partial charge in [0, 0.05) is 17.3 Å². The SMILES string of the molecule is CCOC(=O)c1nnn(Cc2ccc(OC)cc2)c1C(=O)N1CCc2cc(Cl)ccc21. The Morgan fingerprint density at radius 2 is 1.94 bits per heavy atom. The van der Waals surface area contributed by atoms with Crippen molar-refractivity contribution in [3.05, 3.63) is 70.0 Å². The van der Waals surface area contributed by atoms with Crippen LogP contribution in [0.4, 0.5) is 5.69 Å². The van der Waals surface area contributed by atoms with Crippen LogP contribution in [0.2, 0.25) is 5.02 Å². The van der Waals surface area contributed by atoms with Gasteiger partial charge in [-0.2, -0.15) is 0 Å². The summed E-state index contributed by atoms with van der Waals surface area (Å²) in [7, 11) is 1.59. The molecule has 1 aliphatic heterocycles. The van der Waals surface area contributed by atoms with Gasteiger partial charge in [-0.3, -0.25) is 4.79 Å². The number of anilines is 1. The second kappa shape index (κ2) is 8.77. The number of nitrogens with zero attached hydrogens (tertiary/aromatic N) is 4. The third-order valence-corrected chi connectivity index (χ3v) is 5.32. The monoisotopic (exact) mass is 440 g/mol. The predicted molar refractivity (Wildman–Crippen MR) is 115 cm³/mol. The maximum atomic E-state index is 13.6. The van der Waals surface area contributed by atoms with E-state index < -0.39 is 5.97 Å². The second-order valence-electron chi connectivity index (χ2n) is 6.99. The molecule has 0 saturated carbocycles. The van der Waals surface area contributed by atoms with Crippen LogP contribution in [0.25, 0.3) is 0 Å². The quantitative estimate of drug-likeness (QED) is 0.546. The number of aromatic nitrogens is 3. The van der Waals surface area contributed by atoms with Gasteiger partial charge in [-0.15, -0.1) is 5.10 Å². The van der Waals surface area contributed by atoms with E-state index in [-0.39, 0.29) is 30.4 Å². The molecule has 0 bridgehead atoms. The van der Waals surface area contributed by atoms with Crippen molar-refractivity contribution < 1.29 is 19.1 Å². The van der Waals surface area contributed by atoms with Crippen LogP contribution in [0.3, 0.4) is 0 Å². The number of esters is 1. The molecule has 2 heterocycles. The Bertz CT molecular complexity index is 1130. The van der Waals surface area contributed by atoms with Crippen LogP contribution < -0.4 is 9.64 Å². The van der Waals surface area contributed by atoms with E-state index in [4.69, 9.17) is 21.1 Å². The molecule has 31 heavy (non-hydrogen) atoms. The standard InChI is InChI=1S/C22H21ClN4O4/c1-3-31-22(29)19-20(21(28)26-11-10-15-12-16(23)6-9-18(15)26)27(25-24-19)13-14-4-7-17(30-2)8-5-14/h4-9,12H,3,10-11,13H2,1-2H3. The largest absolute Gasteiger partial charge is 0.497 e. The minimum atomic E-state index is -0.678. The first kappa shape index (κ1) is 20.9. The number of amides is 1. The predicted octanol–water partition coefficient (Wildman–Crippen LogP) is 3.37. The van der Waals surface area contributed by atoms with Gasteiger partial charge >= 0.3 is 5.97 Å². The van der Waals surface area contributed by atoms with E-state index in [0.29, 0.717) is 18.0 Å². The van der Waals surface area contributed by atoms with E-state index in [1.165, 1.54) is 4.68 Å². The van der Waals surface area contributed by atoms with Gasteiger partial charge in [0.05, 0.1) is 20.3 Å². The summed E-state index contributed by atoms with van der Waals surface area (Å²) in [4.78, 5) is 27.7. The van der Waals surface area contributed by atoms with Crippen molar-refractivity contribution >= 4 is 29.2 Å². The maximum Gasteiger partial charge on any atom is 0.361 e. The van der Waals surface area contributed by atoms with Crippen LogP contribution >= 0.6 is 11.6 Å². The van der Waals surface area contributed by atoms with E-state index in [9.17, 15) is 9.59 Å². The van der Waals surface area contributed by atoms with E-state index in [1.54, 1.807) is 25.0 Å². The van der Waals surface area contributed by atoms with Crippen LogP contribution in [0, 0.1) is 0 Å².